The normalized spacial score (nSPS) is 16.5. The molecule has 0 bridgehead atoms. The highest BCUT2D eigenvalue weighted by atomic mass is 32.2. The van der Waals surface area contributed by atoms with Crippen molar-refractivity contribution in [2.75, 3.05) is 26.0 Å². The van der Waals surface area contributed by atoms with Crippen molar-refractivity contribution in [3.63, 3.8) is 0 Å². The van der Waals surface area contributed by atoms with Crippen LogP contribution in [-0.4, -0.2) is 46.0 Å². The summed E-state index contributed by atoms with van der Waals surface area (Å²) in [6.07, 6.45) is 6.07. The van der Waals surface area contributed by atoms with Crippen molar-refractivity contribution in [2.45, 2.75) is 38.4 Å². The maximum atomic E-state index is 5.97. The number of piperidine rings is 1. The van der Waals surface area contributed by atoms with Gasteiger partial charge in [-0.2, -0.15) is 4.98 Å². The molecule has 0 radical (unpaired) electrons. The lowest BCUT2D eigenvalue weighted by Crippen LogP contribution is -2.35. The smallest absolute Gasteiger partial charge is 0.220 e. The average Bonchev–Trinajstić information content (AvgIpc) is 3.00. The van der Waals surface area contributed by atoms with E-state index in [1.54, 1.807) is 0 Å². The monoisotopic (exact) mass is 348 g/mol. The highest BCUT2D eigenvalue weighted by molar-refractivity contribution is 7.98. The van der Waals surface area contributed by atoms with Crippen LogP contribution in [0.25, 0.3) is 0 Å². The van der Waals surface area contributed by atoms with E-state index in [1.165, 1.54) is 11.8 Å². The van der Waals surface area contributed by atoms with Crippen LogP contribution in [0.4, 0.5) is 0 Å². The van der Waals surface area contributed by atoms with Gasteiger partial charge in [0.05, 0.1) is 12.3 Å². The lowest BCUT2D eigenvalue weighted by molar-refractivity contribution is 0.132. The van der Waals surface area contributed by atoms with Gasteiger partial charge in [-0.15, -0.1) is 0 Å². The zero-order chi connectivity index (χ0) is 16.9. The van der Waals surface area contributed by atoms with Crippen molar-refractivity contribution in [2.24, 2.45) is 5.92 Å². The second kappa shape index (κ2) is 7.98. The summed E-state index contributed by atoms with van der Waals surface area (Å²) in [6, 6.07) is 2.01. The van der Waals surface area contributed by atoms with Crippen LogP contribution in [0.3, 0.4) is 0 Å². The van der Waals surface area contributed by atoms with Crippen LogP contribution in [0, 0.1) is 19.8 Å². The zero-order valence-electron chi connectivity index (χ0n) is 14.5. The lowest BCUT2D eigenvalue weighted by atomic mass is 9.98. The van der Waals surface area contributed by atoms with Gasteiger partial charge in [0, 0.05) is 24.4 Å². The molecule has 24 heavy (non-hydrogen) atoms. The first-order valence-electron chi connectivity index (χ1n) is 8.29. The Morgan fingerprint density at radius 2 is 2.12 bits per heavy atom. The minimum atomic E-state index is 0.576. The van der Waals surface area contributed by atoms with Gasteiger partial charge >= 0.3 is 0 Å². The molecule has 1 aliphatic heterocycles. The number of ether oxygens (including phenoxy) is 1. The van der Waals surface area contributed by atoms with E-state index in [0.717, 1.165) is 67.1 Å². The van der Waals surface area contributed by atoms with E-state index >= 15 is 0 Å². The third-order valence-electron chi connectivity index (χ3n) is 4.31. The molecule has 6 nitrogen and oxygen atoms in total. The Kier molecular flexibility index (Phi) is 5.73. The first kappa shape index (κ1) is 17.2. The topological polar surface area (TPSA) is 64.3 Å². The molecule has 0 saturated carbocycles. The Morgan fingerprint density at radius 1 is 1.33 bits per heavy atom. The third kappa shape index (κ3) is 4.48. The molecule has 0 aromatic carbocycles. The first-order chi connectivity index (χ1) is 11.6. The summed E-state index contributed by atoms with van der Waals surface area (Å²) in [5.41, 5.74) is 2.01. The highest BCUT2D eigenvalue weighted by Gasteiger charge is 2.21. The molecule has 1 fully saturated rings. The van der Waals surface area contributed by atoms with E-state index in [4.69, 9.17) is 9.26 Å². The van der Waals surface area contributed by atoms with Gasteiger partial charge in [0.15, 0.2) is 5.16 Å². The number of thioether (sulfide) groups is 1. The van der Waals surface area contributed by atoms with Gasteiger partial charge in [-0.3, -0.25) is 4.90 Å². The molecule has 0 spiro atoms. The molecule has 0 aliphatic carbocycles. The molecular weight excluding hydrogens is 324 g/mol. The van der Waals surface area contributed by atoms with Crippen molar-refractivity contribution >= 4 is 11.8 Å². The summed E-state index contributed by atoms with van der Waals surface area (Å²) in [5, 5.41) is 4.83. The summed E-state index contributed by atoms with van der Waals surface area (Å²) in [4.78, 5) is 11.1. The van der Waals surface area contributed by atoms with E-state index in [9.17, 15) is 0 Å². The maximum Gasteiger partial charge on any atom is 0.220 e. The largest absolute Gasteiger partial charge is 0.477 e. The molecule has 1 aliphatic rings. The van der Waals surface area contributed by atoms with E-state index in [0.29, 0.717) is 5.92 Å². The Balaban J connectivity index is 1.45. The molecule has 3 heterocycles. The summed E-state index contributed by atoms with van der Waals surface area (Å²) in [7, 11) is 0. The minimum absolute atomic E-state index is 0.576. The van der Waals surface area contributed by atoms with Crippen molar-refractivity contribution in [3.8, 4) is 5.88 Å². The number of likely N-dealkylation sites (tertiary alicyclic amines) is 1. The number of nitrogens with zero attached hydrogens (tertiary/aromatic N) is 4. The predicted molar refractivity (Wildman–Crippen MR) is 93.3 cm³/mol. The van der Waals surface area contributed by atoms with Gasteiger partial charge in [-0.25, -0.2) is 4.98 Å². The third-order valence-corrected chi connectivity index (χ3v) is 4.87. The highest BCUT2D eigenvalue weighted by Crippen LogP contribution is 2.22. The van der Waals surface area contributed by atoms with Crippen LogP contribution in [0.2, 0.25) is 0 Å². The van der Waals surface area contributed by atoms with Gasteiger partial charge < -0.3 is 9.26 Å². The van der Waals surface area contributed by atoms with Crippen molar-refractivity contribution < 1.29 is 9.26 Å². The fourth-order valence-electron chi connectivity index (χ4n) is 2.89. The van der Waals surface area contributed by atoms with Crippen LogP contribution in [-0.2, 0) is 6.54 Å². The second-order valence-corrected chi connectivity index (χ2v) is 7.08. The Bertz CT molecular complexity index is 668. The molecular formula is C17H24N4O2S. The standard InChI is InChI=1S/C17H24N4O2S/c1-12-9-18-17(24-3)19-16(12)22-11-14-4-6-21(7-5-14)10-15-8-13(2)23-20-15/h8-9,14H,4-7,10-11H2,1-3H3. The van der Waals surface area contributed by atoms with Gasteiger partial charge in [0.1, 0.15) is 5.76 Å². The van der Waals surface area contributed by atoms with Crippen molar-refractivity contribution in [3.05, 3.63) is 29.3 Å². The Hall–Kier alpha value is -1.60. The van der Waals surface area contributed by atoms with E-state index in [1.807, 2.05) is 32.4 Å². The minimum Gasteiger partial charge on any atom is -0.477 e. The molecule has 0 amide bonds. The van der Waals surface area contributed by atoms with Crippen LogP contribution >= 0.6 is 11.8 Å². The van der Waals surface area contributed by atoms with Gasteiger partial charge in [-0.1, -0.05) is 16.9 Å². The van der Waals surface area contributed by atoms with E-state index < -0.39 is 0 Å². The zero-order valence-corrected chi connectivity index (χ0v) is 15.3. The van der Waals surface area contributed by atoms with E-state index in [2.05, 4.69) is 20.0 Å². The molecule has 2 aromatic rings. The van der Waals surface area contributed by atoms with Crippen LogP contribution in [0.15, 0.2) is 21.9 Å². The molecule has 1 saturated heterocycles. The van der Waals surface area contributed by atoms with Crippen molar-refractivity contribution in [1.82, 2.24) is 20.0 Å². The summed E-state index contributed by atoms with van der Waals surface area (Å²) >= 11 is 1.53. The fourth-order valence-corrected chi connectivity index (χ4v) is 3.22. The summed E-state index contributed by atoms with van der Waals surface area (Å²) in [5.74, 6) is 2.17. The maximum absolute atomic E-state index is 5.97. The molecule has 3 rings (SSSR count). The molecule has 0 N–H and O–H groups in total. The van der Waals surface area contributed by atoms with Crippen LogP contribution in [0.1, 0.15) is 29.9 Å². The molecule has 0 unspecified atom stereocenters. The number of hydrogen-bond donors (Lipinski definition) is 0. The predicted octanol–water partition coefficient (Wildman–Crippen LogP) is 3.09. The molecule has 0 atom stereocenters. The van der Waals surface area contributed by atoms with Gasteiger partial charge in [0.2, 0.25) is 5.88 Å². The summed E-state index contributed by atoms with van der Waals surface area (Å²) < 4.78 is 11.1. The van der Waals surface area contributed by atoms with Crippen molar-refractivity contribution in [1.29, 1.82) is 0 Å². The number of aromatic nitrogens is 3. The SMILES string of the molecule is CSc1ncc(C)c(OCC2CCN(Cc3cc(C)on3)CC2)n1. The average molecular weight is 348 g/mol. The Morgan fingerprint density at radius 3 is 2.79 bits per heavy atom. The number of rotatable bonds is 6. The Labute approximate surface area is 147 Å². The van der Waals surface area contributed by atoms with Crippen LogP contribution < -0.4 is 4.74 Å². The molecule has 2 aromatic heterocycles. The van der Waals surface area contributed by atoms with E-state index in [-0.39, 0.29) is 0 Å². The second-order valence-electron chi connectivity index (χ2n) is 6.30. The summed E-state index contributed by atoms with van der Waals surface area (Å²) in [6.45, 7) is 7.65. The first-order valence-corrected chi connectivity index (χ1v) is 9.51. The number of aryl methyl sites for hydroxylation is 2. The van der Waals surface area contributed by atoms with Gasteiger partial charge in [-0.05, 0) is 52.0 Å². The van der Waals surface area contributed by atoms with Crippen LogP contribution in [0.5, 0.6) is 5.88 Å². The number of hydrogen-bond acceptors (Lipinski definition) is 7. The van der Waals surface area contributed by atoms with Gasteiger partial charge in [0.25, 0.3) is 0 Å². The molecule has 130 valence electrons. The lowest BCUT2D eigenvalue weighted by Gasteiger charge is -2.31. The fraction of sp³-hybridized carbons (Fsp3) is 0.588. The molecule has 7 heteroatoms. The quantitative estimate of drug-likeness (QED) is 0.587.